The van der Waals surface area contributed by atoms with Crippen LogP contribution in [0, 0.1) is 0 Å². The maximum atomic E-state index is 13.0. The van der Waals surface area contributed by atoms with E-state index in [1.807, 2.05) is 36.4 Å². The van der Waals surface area contributed by atoms with Crippen LogP contribution < -0.4 is 4.90 Å². The Hall–Kier alpha value is -2.14. The van der Waals surface area contributed by atoms with Gasteiger partial charge in [0.1, 0.15) is 0 Å². The van der Waals surface area contributed by atoms with Crippen molar-refractivity contribution < 1.29 is 13.2 Å². The molecule has 1 unspecified atom stereocenters. The van der Waals surface area contributed by atoms with Gasteiger partial charge < -0.3 is 4.90 Å². The Morgan fingerprint density at radius 1 is 1.00 bits per heavy atom. The fraction of sp³-hybridized carbons (Fsp3) is 0.381. The first-order valence-corrected chi connectivity index (χ1v) is 10.3. The molecule has 0 aliphatic carbocycles. The van der Waals surface area contributed by atoms with Gasteiger partial charge in [-0.05, 0) is 41.7 Å². The van der Waals surface area contributed by atoms with Crippen LogP contribution in [0.25, 0.3) is 0 Å². The highest BCUT2D eigenvalue weighted by atomic mass is 32.2. The van der Waals surface area contributed by atoms with Crippen molar-refractivity contribution in [2.24, 2.45) is 0 Å². The fourth-order valence-corrected chi connectivity index (χ4v) is 5.35. The number of carbonyl (C=O) groups is 1. The van der Waals surface area contributed by atoms with E-state index in [-0.39, 0.29) is 22.0 Å². The number of anilines is 1. The van der Waals surface area contributed by atoms with E-state index >= 15 is 0 Å². The zero-order valence-electron chi connectivity index (χ0n) is 15.9. The van der Waals surface area contributed by atoms with Gasteiger partial charge >= 0.3 is 0 Å². The lowest BCUT2D eigenvalue weighted by atomic mass is 9.86. The van der Waals surface area contributed by atoms with Crippen LogP contribution in [0.3, 0.4) is 0 Å². The summed E-state index contributed by atoms with van der Waals surface area (Å²) in [5.74, 6) is -0.428. The normalized spacial score (nSPS) is 20.3. The minimum Gasteiger partial charge on any atom is -0.314 e. The second kappa shape index (κ2) is 5.95. The smallest absolute Gasteiger partial charge is 0.238 e. The molecular formula is C21H25NO3S. The molecule has 26 heavy (non-hydrogen) atoms. The topological polar surface area (TPSA) is 54.5 Å². The number of hydrogen-bond acceptors (Lipinski definition) is 3. The minimum atomic E-state index is -3.61. The molecule has 3 rings (SSSR count). The Morgan fingerprint density at radius 2 is 1.58 bits per heavy atom. The SMILES string of the molecule is CN1C(=O)C(C)(CS(=O)(=O)c2ccc(C(C)(C)C)cc2)c2ccccc21. The van der Waals surface area contributed by atoms with Crippen LogP contribution in [0.2, 0.25) is 0 Å². The molecule has 0 aromatic heterocycles. The average molecular weight is 372 g/mol. The van der Waals surface area contributed by atoms with Gasteiger partial charge in [-0.1, -0.05) is 51.1 Å². The number of sulfone groups is 1. The van der Waals surface area contributed by atoms with Gasteiger partial charge in [0.25, 0.3) is 0 Å². The summed E-state index contributed by atoms with van der Waals surface area (Å²) in [6, 6.07) is 14.4. The maximum absolute atomic E-state index is 13.0. The highest BCUT2D eigenvalue weighted by Crippen LogP contribution is 2.42. The third kappa shape index (κ3) is 2.94. The number of fused-ring (bicyclic) bond motifs is 1. The minimum absolute atomic E-state index is 0.0443. The quantitative estimate of drug-likeness (QED) is 0.827. The van der Waals surface area contributed by atoms with E-state index in [0.717, 1.165) is 16.8 Å². The number of benzene rings is 2. The summed E-state index contributed by atoms with van der Waals surface area (Å²) >= 11 is 0. The molecular weight excluding hydrogens is 346 g/mol. The molecule has 5 heteroatoms. The molecule has 0 fully saturated rings. The number of nitrogens with zero attached hydrogens (tertiary/aromatic N) is 1. The van der Waals surface area contributed by atoms with Gasteiger partial charge in [0.05, 0.1) is 16.1 Å². The molecule has 4 nitrogen and oxygen atoms in total. The first-order valence-electron chi connectivity index (χ1n) is 8.68. The molecule has 2 aromatic carbocycles. The van der Waals surface area contributed by atoms with Crippen LogP contribution in [-0.2, 0) is 25.5 Å². The van der Waals surface area contributed by atoms with Crippen molar-refractivity contribution in [2.75, 3.05) is 17.7 Å². The van der Waals surface area contributed by atoms with Crippen molar-refractivity contribution in [1.29, 1.82) is 0 Å². The molecule has 0 spiro atoms. The first kappa shape index (κ1) is 18.6. The summed E-state index contributed by atoms with van der Waals surface area (Å²) in [6.07, 6.45) is 0. The molecule has 1 amide bonds. The standard InChI is InChI=1S/C21H25NO3S/c1-20(2,3)15-10-12-16(13-11-15)26(24,25)14-21(4)17-8-6-7-9-18(17)22(5)19(21)23/h6-13H,14H2,1-5H3. The van der Waals surface area contributed by atoms with Gasteiger partial charge in [-0.2, -0.15) is 0 Å². The fourth-order valence-electron chi connectivity index (χ4n) is 3.59. The zero-order valence-corrected chi connectivity index (χ0v) is 16.7. The molecule has 0 bridgehead atoms. The zero-order chi connectivity index (χ0) is 19.3. The van der Waals surface area contributed by atoms with Crippen molar-refractivity contribution in [1.82, 2.24) is 0 Å². The third-order valence-electron chi connectivity index (χ3n) is 5.19. The Balaban J connectivity index is 1.98. The summed E-state index contributed by atoms with van der Waals surface area (Å²) in [4.78, 5) is 14.6. The van der Waals surface area contributed by atoms with Crippen molar-refractivity contribution in [3.63, 3.8) is 0 Å². The molecule has 1 aliphatic rings. The average Bonchev–Trinajstić information content (AvgIpc) is 2.76. The summed E-state index contributed by atoms with van der Waals surface area (Å²) < 4.78 is 26.1. The lowest BCUT2D eigenvalue weighted by Crippen LogP contribution is -2.41. The van der Waals surface area contributed by atoms with Gasteiger partial charge in [0.15, 0.2) is 9.84 Å². The van der Waals surface area contributed by atoms with E-state index in [9.17, 15) is 13.2 Å². The van der Waals surface area contributed by atoms with Crippen molar-refractivity contribution in [3.05, 3.63) is 59.7 Å². The van der Waals surface area contributed by atoms with Crippen LogP contribution in [-0.4, -0.2) is 27.1 Å². The second-order valence-corrected chi connectivity index (χ2v) is 10.2. The van der Waals surface area contributed by atoms with E-state index in [1.54, 1.807) is 31.0 Å². The Labute approximate surface area is 155 Å². The van der Waals surface area contributed by atoms with Gasteiger partial charge in [0, 0.05) is 12.7 Å². The van der Waals surface area contributed by atoms with Crippen LogP contribution in [0.15, 0.2) is 53.4 Å². The molecule has 0 saturated carbocycles. The van der Waals surface area contributed by atoms with Crippen LogP contribution in [0.5, 0.6) is 0 Å². The lowest BCUT2D eigenvalue weighted by molar-refractivity contribution is -0.121. The molecule has 0 radical (unpaired) electrons. The number of carbonyl (C=O) groups excluding carboxylic acids is 1. The van der Waals surface area contributed by atoms with Crippen molar-refractivity contribution in [3.8, 4) is 0 Å². The third-order valence-corrected chi connectivity index (χ3v) is 7.14. The van der Waals surface area contributed by atoms with Crippen LogP contribution in [0.1, 0.15) is 38.8 Å². The molecule has 0 N–H and O–H groups in total. The summed E-state index contributed by atoms with van der Waals surface area (Å²) in [5, 5.41) is 0. The summed E-state index contributed by atoms with van der Waals surface area (Å²) in [7, 11) is -1.92. The molecule has 138 valence electrons. The van der Waals surface area contributed by atoms with Gasteiger partial charge in [-0.25, -0.2) is 8.42 Å². The second-order valence-electron chi connectivity index (χ2n) is 8.25. The Morgan fingerprint density at radius 3 is 2.15 bits per heavy atom. The number of likely N-dealkylation sites (N-methyl/N-ethyl adjacent to an activating group) is 1. The van der Waals surface area contributed by atoms with Gasteiger partial charge in [0.2, 0.25) is 5.91 Å². The molecule has 2 aromatic rings. The first-order chi connectivity index (χ1) is 12.0. The van der Waals surface area contributed by atoms with Crippen LogP contribution >= 0.6 is 0 Å². The van der Waals surface area contributed by atoms with E-state index < -0.39 is 15.3 Å². The molecule has 1 heterocycles. The Kier molecular flexibility index (Phi) is 4.26. The van der Waals surface area contributed by atoms with Gasteiger partial charge in [-0.3, -0.25) is 4.79 Å². The predicted octanol–water partition coefficient (Wildman–Crippen LogP) is 3.69. The van der Waals surface area contributed by atoms with Crippen molar-refractivity contribution >= 4 is 21.4 Å². The largest absolute Gasteiger partial charge is 0.314 e. The predicted molar refractivity (Wildman–Crippen MR) is 104 cm³/mol. The summed E-state index contributed by atoms with van der Waals surface area (Å²) in [5.41, 5.74) is 1.50. The highest BCUT2D eigenvalue weighted by Gasteiger charge is 2.48. The number of para-hydroxylation sites is 1. The van der Waals surface area contributed by atoms with Gasteiger partial charge in [-0.15, -0.1) is 0 Å². The van der Waals surface area contributed by atoms with E-state index in [0.29, 0.717) is 0 Å². The number of rotatable bonds is 3. The molecule has 1 atom stereocenters. The van der Waals surface area contributed by atoms with E-state index in [4.69, 9.17) is 0 Å². The molecule has 0 saturated heterocycles. The maximum Gasteiger partial charge on any atom is 0.238 e. The number of hydrogen-bond donors (Lipinski definition) is 0. The van der Waals surface area contributed by atoms with E-state index in [2.05, 4.69) is 20.8 Å². The molecule has 1 aliphatic heterocycles. The summed E-state index contributed by atoms with van der Waals surface area (Å²) in [6.45, 7) is 7.98. The highest BCUT2D eigenvalue weighted by molar-refractivity contribution is 7.91. The van der Waals surface area contributed by atoms with E-state index in [1.165, 1.54) is 0 Å². The lowest BCUT2D eigenvalue weighted by Gasteiger charge is -2.23. The monoisotopic (exact) mass is 371 g/mol. The van der Waals surface area contributed by atoms with Crippen molar-refractivity contribution in [2.45, 2.75) is 43.4 Å². The Bertz CT molecular complexity index is 955. The number of amides is 1. The van der Waals surface area contributed by atoms with Crippen LogP contribution in [0.4, 0.5) is 5.69 Å².